The predicted octanol–water partition coefficient (Wildman–Crippen LogP) is 2.07. The molecule has 0 aromatic carbocycles. The number of likely N-dealkylation sites (N-methyl/N-ethyl adjacent to an activating group) is 2. The van der Waals surface area contributed by atoms with Gasteiger partial charge in [0.15, 0.2) is 0 Å². The van der Waals surface area contributed by atoms with Crippen LogP contribution in [-0.2, 0) is 0 Å². The van der Waals surface area contributed by atoms with Gasteiger partial charge in [0.05, 0.1) is 0 Å². The quantitative estimate of drug-likeness (QED) is 0.507. The zero-order chi connectivity index (χ0) is 10.5. The Morgan fingerprint density at radius 2 is 2.00 bits per heavy atom. The van der Waals surface area contributed by atoms with E-state index in [4.69, 9.17) is 6.42 Å². The van der Waals surface area contributed by atoms with Crippen LogP contribution in [0.25, 0.3) is 0 Å². The summed E-state index contributed by atoms with van der Waals surface area (Å²) in [5.74, 6) is 2.63. The van der Waals surface area contributed by atoms with Crippen molar-refractivity contribution in [2.45, 2.75) is 27.2 Å². The fourth-order valence-electron chi connectivity index (χ4n) is 0.814. The fourth-order valence-corrected chi connectivity index (χ4v) is 0.814. The lowest BCUT2D eigenvalue weighted by Crippen LogP contribution is -2.29. The first kappa shape index (κ1) is 15.0. The third-order valence-corrected chi connectivity index (χ3v) is 1.56. The Hall–Kier alpha value is -0.520. The molecule has 0 aliphatic heterocycles. The Kier molecular flexibility index (Phi) is 16.2. The van der Waals surface area contributed by atoms with Crippen LogP contribution >= 0.6 is 0 Å². The maximum absolute atomic E-state index is 5.14. The Morgan fingerprint density at radius 3 is 2.46 bits per heavy atom. The van der Waals surface area contributed by atoms with E-state index in [2.05, 4.69) is 30.1 Å². The summed E-state index contributed by atoms with van der Waals surface area (Å²) >= 11 is 0. The topological polar surface area (TPSA) is 15.3 Å². The standard InChI is InChI=1S/C9H18N2.C2H6.2H2/c1-4-6-8-11(3)9-7-10-5-2;1-2;;/h1,10H,5-9H2,2-3H3;1-2H3;2*1H. The molecule has 82 valence electrons. The molecule has 0 atom stereocenters. The highest BCUT2D eigenvalue weighted by Gasteiger charge is 1.94. The lowest BCUT2D eigenvalue weighted by molar-refractivity contribution is 0.341. The van der Waals surface area contributed by atoms with Gasteiger partial charge in [0, 0.05) is 28.9 Å². The molecule has 0 radical (unpaired) electrons. The molecule has 0 aliphatic rings. The van der Waals surface area contributed by atoms with Crippen molar-refractivity contribution < 1.29 is 2.85 Å². The highest BCUT2D eigenvalue weighted by atomic mass is 15.1. The van der Waals surface area contributed by atoms with Crippen molar-refractivity contribution in [2.75, 3.05) is 33.2 Å². The molecule has 2 nitrogen and oxygen atoms in total. The predicted molar refractivity (Wildman–Crippen MR) is 65.1 cm³/mol. The van der Waals surface area contributed by atoms with Gasteiger partial charge >= 0.3 is 0 Å². The molecule has 0 saturated heterocycles. The summed E-state index contributed by atoms with van der Waals surface area (Å²) in [5, 5.41) is 3.26. The van der Waals surface area contributed by atoms with Gasteiger partial charge in [0.2, 0.25) is 0 Å². The molecule has 0 fully saturated rings. The second kappa shape index (κ2) is 14.0. The lowest BCUT2D eigenvalue weighted by Gasteiger charge is -2.14. The molecule has 2 heteroatoms. The number of nitrogens with zero attached hydrogens (tertiary/aromatic N) is 1. The summed E-state index contributed by atoms with van der Waals surface area (Å²) in [7, 11) is 2.09. The van der Waals surface area contributed by atoms with E-state index in [1.807, 2.05) is 13.8 Å². The summed E-state index contributed by atoms with van der Waals surface area (Å²) in [6, 6.07) is 0. The van der Waals surface area contributed by atoms with Gasteiger partial charge in [-0.15, -0.1) is 12.3 Å². The molecule has 0 aromatic heterocycles. The van der Waals surface area contributed by atoms with E-state index in [1.165, 1.54) is 0 Å². The van der Waals surface area contributed by atoms with Crippen LogP contribution in [0.2, 0.25) is 0 Å². The first-order valence-electron chi connectivity index (χ1n) is 5.14. The maximum atomic E-state index is 5.14. The Morgan fingerprint density at radius 1 is 1.38 bits per heavy atom. The highest BCUT2D eigenvalue weighted by Crippen LogP contribution is 1.83. The van der Waals surface area contributed by atoms with Crippen molar-refractivity contribution in [2.24, 2.45) is 0 Å². The molecule has 0 bridgehead atoms. The molecule has 0 unspecified atom stereocenters. The monoisotopic (exact) mass is 188 g/mol. The highest BCUT2D eigenvalue weighted by molar-refractivity contribution is 4.84. The molecule has 1 N–H and O–H groups in total. The van der Waals surface area contributed by atoms with Gasteiger partial charge in [-0.05, 0) is 13.6 Å². The van der Waals surface area contributed by atoms with E-state index in [0.29, 0.717) is 0 Å². The molecule has 0 aliphatic carbocycles. The SMILES string of the molecule is C#CCCN(C)CCNCC.CC.[HH].[HH]. The molecule has 0 saturated carbocycles. The first-order chi connectivity index (χ1) is 6.31. The zero-order valence-corrected chi connectivity index (χ0v) is 9.56. The lowest BCUT2D eigenvalue weighted by atomic mass is 10.4. The summed E-state index contributed by atoms with van der Waals surface area (Å²) in [6.45, 7) is 10.3. The van der Waals surface area contributed by atoms with Gasteiger partial charge in [-0.1, -0.05) is 20.8 Å². The van der Waals surface area contributed by atoms with Crippen molar-refractivity contribution in [3.8, 4) is 12.3 Å². The largest absolute Gasteiger partial charge is 0.316 e. The number of terminal acetylenes is 1. The van der Waals surface area contributed by atoms with Gasteiger partial charge in [-0.2, -0.15) is 0 Å². The van der Waals surface area contributed by atoms with Crippen LogP contribution in [0.15, 0.2) is 0 Å². The van der Waals surface area contributed by atoms with Gasteiger partial charge in [0.25, 0.3) is 0 Å². The maximum Gasteiger partial charge on any atom is 0.0214 e. The van der Waals surface area contributed by atoms with E-state index < -0.39 is 0 Å². The molecule has 0 amide bonds. The summed E-state index contributed by atoms with van der Waals surface area (Å²) in [6.07, 6.45) is 5.99. The van der Waals surface area contributed by atoms with Gasteiger partial charge in [0.1, 0.15) is 0 Å². The number of hydrogen-bond acceptors (Lipinski definition) is 2. The minimum atomic E-state index is 0. The number of nitrogens with one attached hydrogen (secondary N) is 1. The van der Waals surface area contributed by atoms with E-state index in [9.17, 15) is 0 Å². The van der Waals surface area contributed by atoms with Crippen molar-refractivity contribution in [3.63, 3.8) is 0 Å². The van der Waals surface area contributed by atoms with Crippen LogP contribution in [0, 0.1) is 12.3 Å². The smallest absolute Gasteiger partial charge is 0.0214 e. The normalized spacial score (nSPS) is 8.92. The van der Waals surface area contributed by atoms with Gasteiger partial charge in [-0.25, -0.2) is 0 Å². The minimum Gasteiger partial charge on any atom is -0.316 e. The molecular formula is C11H28N2. The molecule has 0 spiro atoms. The first-order valence-corrected chi connectivity index (χ1v) is 5.14. The van der Waals surface area contributed by atoms with E-state index in [0.717, 1.165) is 32.6 Å². The average molecular weight is 188 g/mol. The number of rotatable bonds is 6. The third kappa shape index (κ3) is 14.3. The van der Waals surface area contributed by atoms with Crippen molar-refractivity contribution in [1.29, 1.82) is 0 Å². The van der Waals surface area contributed by atoms with Crippen LogP contribution in [0.5, 0.6) is 0 Å². The van der Waals surface area contributed by atoms with Crippen molar-refractivity contribution in [1.82, 2.24) is 10.2 Å². The van der Waals surface area contributed by atoms with Crippen LogP contribution in [-0.4, -0.2) is 38.1 Å². The van der Waals surface area contributed by atoms with Crippen LogP contribution < -0.4 is 5.32 Å². The second-order valence-electron chi connectivity index (χ2n) is 2.61. The second-order valence-corrected chi connectivity index (χ2v) is 2.61. The van der Waals surface area contributed by atoms with Gasteiger partial charge < -0.3 is 10.2 Å². The average Bonchev–Trinajstić information content (AvgIpc) is 2.18. The molecule has 0 aromatic rings. The summed E-state index contributed by atoms with van der Waals surface area (Å²) < 4.78 is 0. The molecule has 0 heterocycles. The van der Waals surface area contributed by atoms with Crippen molar-refractivity contribution in [3.05, 3.63) is 0 Å². The van der Waals surface area contributed by atoms with Crippen LogP contribution in [0.4, 0.5) is 0 Å². The third-order valence-electron chi connectivity index (χ3n) is 1.56. The molecular weight excluding hydrogens is 160 g/mol. The Balaban J connectivity index is -0.000000142. The van der Waals surface area contributed by atoms with Crippen LogP contribution in [0.1, 0.15) is 30.0 Å². The Labute approximate surface area is 86.7 Å². The van der Waals surface area contributed by atoms with Crippen molar-refractivity contribution >= 4 is 0 Å². The Bertz CT molecular complexity index is 124. The van der Waals surface area contributed by atoms with Crippen LogP contribution in [0.3, 0.4) is 0 Å². The summed E-state index contributed by atoms with van der Waals surface area (Å²) in [4.78, 5) is 2.24. The van der Waals surface area contributed by atoms with Gasteiger partial charge in [-0.3, -0.25) is 0 Å². The number of hydrogen-bond donors (Lipinski definition) is 1. The molecule has 13 heavy (non-hydrogen) atoms. The van der Waals surface area contributed by atoms with E-state index in [-0.39, 0.29) is 2.85 Å². The molecule has 0 rings (SSSR count). The van der Waals surface area contributed by atoms with E-state index in [1.54, 1.807) is 0 Å². The fraction of sp³-hybridized carbons (Fsp3) is 0.818. The zero-order valence-electron chi connectivity index (χ0n) is 9.56. The van der Waals surface area contributed by atoms with E-state index >= 15 is 0 Å². The minimum absolute atomic E-state index is 0. The summed E-state index contributed by atoms with van der Waals surface area (Å²) in [5.41, 5.74) is 0.